The van der Waals surface area contributed by atoms with E-state index in [9.17, 15) is 9.59 Å². The first kappa shape index (κ1) is 20.6. The smallest absolute Gasteiger partial charge is 0.259 e. The van der Waals surface area contributed by atoms with E-state index in [0.29, 0.717) is 41.9 Å². The third-order valence-corrected chi connectivity index (χ3v) is 8.11. The van der Waals surface area contributed by atoms with Crippen molar-refractivity contribution in [2.75, 3.05) is 19.8 Å². The number of ether oxygens (including phenoxy) is 2. The molecule has 1 aliphatic carbocycles. The lowest BCUT2D eigenvalue weighted by molar-refractivity contribution is 0.0595. The van der Waals surface area contributed by atoms with Crippen molar-refractivity contribution in [3.63, 3.8) is 0 Å². The number of carbonyl (C=O) groups is 1. The highest BCUT2D eigenvalue weighted by molar-refractivity contribution is 6.01. The van der Waals surface area contributed by atoms with Crippen LogP contribution in [-0.4, -0.2) is 45.2 Å². The largest absolute Gasteiger partial charge is 0.486 e. The molecule has 2 aromatic carbocycles. The molecule has 1 N–H and O–H groups in total. The van der Waals surface area contributed by atoms with Crippen LogP contribution >= 0.6 is 0 Å². The highest BCUT2D eigenvalue weighted by Gasteiger charge is 2.46. The van der Waals surface area contributed by atoms with E-state index in [2.05, 4.69) is 29.1 Å². The zero-order valence-electron chi connectivity index (χ0n) is 19.5. The fourth-order valence-corrected chi connectivity index (χ4v) is 6.34. The molecule has 2 aliphatic heterocycles. The Balaban J connectivity index is 1.36. The molecule has 178 valence electrons. The summed E-state index contributed by atoms with van der Waals surface area (Å²) in [7, 11) is 0. The first-order chi connectivity index (χ1) is 17.1. The molecule has 4 aromatic rings. The molecule has 4 heterocycles. The van der Waals surface area contributed by atoms with E-state index in [1.165, 1.54) is 5.56 Å². The Bertz CT molecular complexity index is 1560. The normalized spacial score (nSPS) is 20.5. The SMILES string of the molecule is CC1c2cc3c(cc2C2(CCCC2)CN1C(=O)c1cnn2c1[nH]c(=O)c1ccccc12)OCCO3. The van der Waals surface area contributed by atoms with Gasteiger partial charge in [-0.05, 0) is 55.2 Å². The van der Waals surface area contributed by atoms with Crippen LogP contribution < -0.4 is 15.0 Å². The first-order valence-electron chi connectivity index (χ1n) is 12.3. The van der Waals surface area contributed by atoms with Gasteiger partial charge < -0.3 is 19.4 Å². The monoisotopic (exact) mass is 470 g/mol. The number of benzene rings is 2. The van der Waals surface area contributed by atoms with Crippen molar-refractivity contribution >= 4 is 22.5 Å². The van der Waals surface area contributed by atoms with E-state index in [-0.39, 0.29) is 22.9 Å². The second-order valence-electron chi connectivity index (χ2n) is 9.97. The summed E-state index contributed by atoms with van der Waals surface area (Å²) in [6.07, 6.45) is 5.92. The number of fused-ring (bicyclic) bond motifs is 6. The Labute approximate surface area is 201 Å². The molecular weight excluding hydrogens is 444 g/mol. The maximum atomic E-state index is 14.1. The molecular formula is C27H26N4O4. The lowest BCUT2D eigenvalue weighted by atomic mass is 9.71. The van der Waals surface area contributed by atoms with Crippen LogP contribution in [0.5, 0.6) is 11.5 Å². The lowest BCUT2D eigenvalue weighted by Crippen LogP contribution is -2.48. The first-order valence-corrected chi connectivity index (χ1v) is 12.3. The van der Waals surface area contributed by atoms with Crippen molar-refractivity contribution in [3.8, 4) is 11.5 Å². The number of aromatic nitrogens is 3. The molecule has 8 heteroatoms. The van der Waals surface area contributed by atoms with Gasteiger partial charge in [0.15, 0.2) is 11.5 Å². The second kappa shape index (κ2) is 7.34. The molecule has 1 atom stereocenters. The fourth-order valence-electron chi connectivity index (χ4n) is 6.34. The van der Waals surface area contributed by atoms with E-state index >= 15 is 0 Å². The van der Waals surface area contributed by atoms with Crippen molar-refractivity contribution < 1.29 is 14.3 Å². The van der Waals surface area contributed by atoms with Gasteiger partial charge in [0.25, 0.3) is 11.5 Å². The van der Waals surface area contributed by atoms with Gasteiger partial charge in [-0.1, -0.05) is 25.0 Å². The summed E-state index contributed by atoms with van der Waals surface area (Å²) < 4.78 is 13.4. The maximum absolute atomic E-state index is 14.1. The van der Waals surface area contributed by atoms with Gasteiger partial charge in [0.05, 0.1) is 23.1 Å². The molecule has 1 amide bonds. The number of H-pyrrole nitrogens is 1. The minimum absolute atomic E-state index is 0.101. The number of hydrogen-bond donors (Lipinski definition) is 1. The number of nitrogens with one attached hydrogen (secondary N) is 1. The maximum Gasteiger partial charge on any atom is 0.259 e. The number of amides is 1. The van der Waals surface area contributed by atoms with Crippen molar-refractivity contribution in [2.45, 2.75) is 44.1 Å². The van der Waals surface area contributed by atoms with E-state index < -0.39 is 0 Å². The molecule has 1 fully saturated rings. The zero-order valence-corrected chi connectivity index (χ0v) is 19.5. The molecule has 1 unspecified atom stereocenters. The molecule has 8 nitrogen and oxygen atoms in total. The Kier molecular flexibility index (Phi) is 4.31. The van der Waals surface area contributed by atoms with Gasteiger partial charge in [-0.3, -0.25) is 9.59 Å². The third-order valence-electron chi connectivity index (χ3n) is 8.11. The number of rotatable bonds is 1. The van der Waals surface area contributed by atoms with Crippen LogP contribution in [0.1, 0.15) is 60.1 Å². The number of carbonyl (C=O) groups excluding carboxylic acids is 1. The van der Waals surface area contributed by atoms with Crippen LogP contribution in [0.3, 0.4) is 0 Å². The predicted molar refractivity (Wildman–Crippen MR) is 130 cm³/mol. The average molecular weight is 471 g/mol. The third kappa shape index (κ3) is 2.89. The molecule has 2 aromatic heterocycles. The van der Waals surface area contributed by atoms with Crippen molar-refractivity contribution in [3.05, 3.63) is 69.6 Å². The molecule has 0 bridgehead atoms. The number of nitrogens with zero attached hydrogens (tertiary/aromatic N) is 3. The highest BCUT2D eigenvalue weighted by Crippen LogP contribution is 2.52. The summed E-state index contributed by atoms with van der Waals surface area (Å²) in [4.78, 5) is 31.7. The number of hydrogen-bond acceptors (Lipinski definition) is 5. The average Bonchev–Trinajstić information content (AvgIpc) is 3.53. The summed E-state index contributed by atoms with van der Waals surface area (Å²) in [5.41, 5.74) is 3.60. The zero-order chi connectivity index (χ0) is 23.7. The Morgan fingerprint density at radius 1 is 1.11 bits per heavy atom. The summed E-state index contributed by atoms with van der Waals surface area (Å²) in [6, 6.07) is 11.4. The van der Waals surface area contributed by atoms with Crippen LogP contribution in [0.4, 0.5) is 0 Å². The van der Waals surface area contributed by atoms with Gasteiger partial charge in [0.2, 0.25) is 0 Å². The Morgan fingerprint density at radius 3 is 2.66 bits per heavy atom. The molecule has 0 saturated heterocycles. The van der Waals surface area contributed by atoms with Gasteiger partial charge in [0, 0.05) is 12.0 Å². The highest BCUT2D eigenvalue weighted by atomic mass is 16.6. The van der Waals surface area contributed by atoms with Crippen molar-refractivity contribution in [1.29, 1.82) is 0 Å². The van der Waals surface area contributed by atoms with E-state index in [1.807, 2.05) is 23.1 Å². The van der Waals surface area contributed by atoms with Gasteiger partial charge >= 0.3 is 0 Å². The minimum Gasteiger partial charge on any atom is -0.486 e. The van der Waals surface area contributed by atoms with E-state index in [0.717, 1.165) is 42.7 Å². The molecule has 0 radical (unpaired) electrons. The van der Waals surface area contributed by atoms with Gasteiger partial charge in [-0.2, -0.15) is 5.10 Å². The molecule has 1 saturated carbocycles. The van der Waals surface area contributed by atoms with Gasteiger partial charge in [-0.25, -0.2) is 4.52 Å². The summed E-state index contributed by atoms with van der Waals surface area (Å²) in [6.45, 7) is 3.78. The Hall–Kier alpha value is -3.81. The lowest BCUT2D eigenvalue weighted by Gasteiger charge is -2.46. The van der Waals surface area contributed by atoms with Gasteiger partial charge in [0.1, 0.15) is 24.4 Å². The van der Waals surface area contributed by atoms with E-state index in [1.54, 1.807) is 16.8 Å². The topological polar surface area (TPSA) is 88.9 Å². The molecule has 35 heavy (non-hydrogen) atoms. The van der Waals surface area contributed by atoms with Crippen LogP contribution in [0.25, 0.3) is 16.6 Å². The van der Waals surface area contributed by atoms with Gasteiger partial charge in [-0.15, -0.1) is 0 Å². The standard InChI is InChI=1S/C27H26N4O4/c1-16-18-12-22-23(35-11-10-34-22)13-20(18)27(8-4-5-9-27)15-30(16)26(33)19-14-28-31-21-7-3-2-6-17(21)25(32)29-24(19)31/h2-3,6-7,12-14,16H,4-5,8-11,15H2,1H3,(H,29,32). The van der Waals surface area contributed by atoms with Crippen LogP contribution in [0.15, 0.2) is 47.4 Å². The quantitative estimate of drug-likeness (QED) is 0.455. The second-order valence-corrected chi connectivity index (χ2v) is 9.97. The summed E-state index contributed by atoms with van der Waals surface area (Å²) >= 11 is 0. The molecule has 7 rings (SSSR count). The summed E-state index contributed by atoms with van der Waals surface area (Å²) in [5.74, 6) is 1.43. The summed E-state index contributed by atoms with van der Waals surface area (Å²) in [5, 5.41) is 5.02. The number of para-hydroxylation sites is 1. The van der Waals surface area contributed by atoms with Crippen LogP contribution in [0, 0.1) is 0 Å². The van der Waals surface area contributed by atoms with Crippen LogP contribution in [-0.2, 0) is 5.41 Å². The Morgan fingerprint density at radius 2 is 1.86 bits per heavy atom. The van der Waals surface area contributed by atoms with Crippen molar-refractivity contribution in [1.82, 2.24) is 19.5 Å². The van der Waals surface area contributed by atoms with E-state index in [4.69, 9.17) is 9.47 Å². The number of aromatic amines is 1. The fraction of sp³-hybridized carbons (Fsp3) is 0.370. The minimum atomic E-state index is -0.226. The predicted octanol–water partition coefficient (Wildman–Crippen LogP) is 3.98. The van der Waals surface area contributed by atoms with Crippen LogP contribution in [0.2, 0.25) is 0 Å². The molecule has 1 spiro atoms. The molecule has 3 aliphatic rings. The van der Waals surface area contributed by atoms with Crippen molar-refractivity contribution in [2.24, 2.45) is 0 Å².